The highest BCUT2D eigenvalue weighted by Crippen LogP contribution is 2.41. The largest absolute Gasteiger partial charge is 0.497 e. The zero-order valence-corrected chi connectivity index (χ0v) is 20.4. The van der Waals surface area contributed by atoms with Crippen LogP contribution < -0.4 is 4.74 Å². The Hall–Kier alpha value is -2.08. The van der Waals surface area contributed by atoms with Crippen LogP contribution in [0.15, 0.2) is 78.9 Å². The number of methoxy groups -OCH3 is 1. The van der Waals surface area contributed by atoms with Crippen molar-refractivity contribution in [2.24, 2.45) is 0 Å². The van der Waals surface area contributed by atoms with Gasteiger partial charge in [0, 0.05) is 37.0 Å². The first kappa shape index (κ1) is 25.5. The van der Waals surface area contributed by atoms with E-state index in [1.165, 1.54) is 0 Å². The van der Waals surface area contributed by atoms with E-state index >= 15 is 0 Å². The molecular weight excluding hydrogens is 457 g/mol. The number of halogens is 2. The van der Waals surface area contributed by atoms with Crippen molar-refractivity contribution >= 4 is 24.0 Å². The third-order valence-electron chi connectivity index (χ3n) is 6.30. The van der Waals surface area contributed by atoms with Gasteiger partial charge in [0.1, 0.15) is 11.4 Å². The Kier molecular flexibility index (Phi) is 9.19. The third-order valence-corrected chi connectivity index (χ3v) is 6.55. The molecule has 1 fully saturated rings. The number of hydrogen-bond acceptors (Lipinski definition) is 4. The first-order chi connectivity index (χ1) is 15.6. The van der Waals surface area contributed by atoms with Gasteiger partial charge in [0.25, 0.3) is 0 Å². The second-order valence-electron chi connectivity index (χ2n) is 8.33. The zero-order chi connectivity index (χ0) is 22.4. The van der Waals surface area contributed by atoms with Gasteiger partial charge in [0.2, 0.25) is 0 Å². The molecule has 4 rings (SSSR count). The van der Waals surface area contributed by atoms with Gasteiger partial charge in [-0.25, -0.2) is 0 Å². The minimum absolute atomic E-state index is 0. The molecule has 1 heterocycles. The molecule has 2 atom stereocenters. The van der Waals surface area contributed by atoms with Crippen LogP contribution in [0.25, 0.3) is 0 Å². The van der Waals surface area contributed by atoms with Crippen LogP contribution in [0.4, 0.5) is 0 Å². The molecule has 6 heteroatoms. The van der Waals surface area contributed by atoms with E-state index in [9.17, 15) is 5.11 Å². The van der Waals surface area contributed by atoms with Crippen LogP contribution in [-0.2, 0) is 16.8 Å². The molecule has 1 aliphatic heterocycles. The Morgan fingerprint density at radius 1 is 0.970 bits per heavy atom. The van der Waals surface area contributed by atoms with Crippen molar-refractivity contribution < 1.29 is 14.6 Å². The second-order valence-corrected chi connectivity index (χ2v) is 8.77. The van der Waals surface area contributed by atoms with E-state index in [1.807, 2.05) is 66.7 Å². The van der Waals surface area contributed by atoms with Crippen molar-refractivity contribution in [2.75, 3.05) is 40.0 Å². The van der Waals surface area contributed by atoms with Gasteiger partial charge in [-0.05, 0) is 41.0 Å². The van der Waals surface area contributed by atoms with Crippen LogP contribution in [0.2, 0.25) is 5.02 Å². The van der Waals surface area contributed by atoms with Crippen LogP contribution in [0.3, 0.4) is 0 Å². The molecule has 3 aromatic carbocycles. The highest BCUT2D eigenvalue weighted by Gasteiger charge is 2.40. The smallest absolute Gasteiger partial charge is 0.118 e. The molecule has 1 N–H and O–H groups in total. The molecule has 0 aliphatic carbocycles. The zero-order valence-electron chi connectivity index (χ0n) is 18.8. The number of benzene rings is 3. The molecule has 4 nitrogen and oxygen atoms in total. The fourth-order valence-corrected chi connectivity index (χ4v) is 4.61. The summed E-state index contributed by atoms with van der Waals surface area (Å²) in [5, 5.41) is 13.2. The molecule has 0 amide bonds. The van der Waals surface area contributed by atoms with Crippen molar-refractivity contribution in [1.29, 1.82) is 0 Å². The third kappa shape index (κ3) is 6.28. The summed E-state index contributed by atoms with van der Waals surface area (Å²) in [7, 11) is 1.65. The Morgan fingerprint density at radius 2 is 1.61 bits per heavy atom. The van der Waals surface area contributed by atoms with Crippen molar-refractivity contribution in [2.45, 2.75) is 17.9 Å². The highest BCUT2D eigenvalue weighted by atomic mass is 35.5. The molecule has 0 bridgehead atoms. The Bertz CT molecular complexity index is 977. The normalized spacial score (nSPS) is 16.9. The summed E-state index contributed by atoms with van der Waals surface area (Å²) < 4.78 is 10.9. The lowest BCUT2D eigenvalue weighted by molar-refractivity contribution is -0.0223. The minimum atomic E-state index is -1.13. The predicted molar refractivity (Wildman–Crippen MR) is 136 cm³/mol. The van der Waals surface area contributed by atoms with Gasteiger partial charge in [-0.2, -0.15) is 0 Å². The Morgan fingerprint density at radius 3 is 2.21 bits per heavy atom. The number of nitrogens with zero attached hydrogens (tertiary/aromatic N) is 1. The van der Waals surface area contributed by atoms with Crippen LogP contribution in [0.1, 0.15) is 22.6 Å². The maximum Gasteiger partial charge on any atom is 0.118 e. The van der Waals surface area contributed by atoms with Gasteiger partial charge in [0.15, 0.2) is 0 Å². The first-order valence-corrected chi connectivity index (χ1v) is 11.4. The van der Waals surface area contributed by atoms with Crippen LogP contribution >= 0.6 is 24.0 Å². The number of hydrogen-bond donors (Lipinski definition) is 1. The van der Waals surface area contributed by atoms with Gasteiger partial charge < -0.3 is 14.6 Å². The van der Waals surface area contributed by atoms with Crippen LogP contribution in [0.5, 0.6) is 5.75 Å². The molecule has 0 aromatic heterocycles. The van der Waals surface area contributed by atoms with Gasteiger partial charge in [-0.15, -0.1) is 12.4 Å². The molecule has 1 aliphatic rings. The lowest BCUT2D eigenvalue weighted by Crippen LogP contribution is -2.45. The minimum Gasteiger partial charge on any atom is -0.497 e. The average molecular weight is 488 g/mol. The second kappa shape index (κ2) is 11.9. The number of morpholine rings is 1. The van der Waals surface area contributed by atoms with E-state index < -0.39 is 5.60 Å². The summed E-state index contributed by atoms with van der Waals surface area (Å²) in [6.45, 7) is 3.86. The first-order valence-electron chi connectivity index (χ1n) is 11.0. The molecule has 0 radical (unpaired) electrons. The summed E-state index contributed by atoms with van der Waals surface area (Å²) in [6.07, 6.45) is 0.498. The monoisotopic (exact) mass is 487 g/mol. The molecule has 2 unspecified atom stereocenters. The summed E-state index contributed by atoms with van der Waals surface area (Å²) in [4.78, 5) is 2.38. The van der Waals surface area contributed by atoms with Crippen molar-refractivity contribution in [1.82, 2.24) is 4.90 Å². The molecule has 33 heavy (non-hydrogen) atoms. The maximum absolute atomic E-state index is 12.5. The lowest BCUT2D eigenvalue weighted by atomic mass is 9.73. The maximum atomic E-state index is 12.5. The average Bonchev–Trinajstić information content (AvgIpc) is 2.84. The quantitative estimate of drug-likeness (QED) is 0.466. The van der Waals surface area contributed by atoms with E-state index in [0.29, 0.717) is 24.7 Å². The molecule has 1 saturated heterocycles. The predicted octanol–water partition coefficient (Wildman–Crippen LogP) is 5.32. The molecule has 3 aromatic rings. The topological polar surface area (TPSA) is 41.9 Å². The molecular formula is C27H31Cl2NO3. The van der Waals surface area contributed by atoms with Crippen molar-refractivity contribution in [3.63, 3.8) is 0 Å². The van der Waals surface area contributed by atoms with E-state index in [2.05, 4.69) is 17.0 Å². The van der Waals surface area contributed by atoms with E-state index in [4.69, 9.17) is 21.1 Å². The van der Waals surface area contributed by atoms with Crippen molar-refractivity contribution in [3.8, 4) is 5.75 Å². The number of aliphatic hydroxyl groups is 1. The Balaban J connectivity index is 0.00000306. The van der Waals surface area contributed by atoms with E-state index in [0.717, 1.165) is 42.1 Å². The number of ether oxygens (including phenoxy) is 2. The van der Waals surface area contributed by atoms with E-state index in [-0.39, 0.29) is 18.3 Å². The fourth-order valence-electron chi connectivity index (χ4n) is 4.48. The standard InChI is InChI=1S/C27H30ClNO3.ClH/c1-31-25-13-9-23(10-14-25)27(30,19-21-5-3-2-4-6-21)26(20-29-15-17-32-18-16-29)22-7-11-24(28)12-8-22;/h2-14,26,30H,15-20H2,1H3;1H. The van der Waals surface area contributed by atoms with Gasteiger partial charge >= 0.3 is 0 Å². The van der Waals surface area contributed by atoms with Crippen LogP contribution in [-0.4, -0.2) is 50.0 Å². The Labute approximate surface area is 207 Å². The lowest BCUT2D eigenvalue weighted by Gasteiger charge is -2.41. The summed E-state index contributed by atoms with van der Waals surface area (Å²) in [6, 6.07) is 25.8. The van der Waals surface area contributed by atoms with Gasteiger partial charge in [0.05, 0.1) is 20.3 Å². The summed E-state index contributed by atoms with van der Waals surface area (Å²) >= 11 is 6.20. The molecule has 0 saturated carbocycles. The van der Waals surface area contributed by atoms with Crippen LogP contribution in [0, 0.1) is 0 Å². The summed E-state index contributed by atoms with van der Waals surface area (Å²) in [5.41, 5.74) is 1.90. The SMILES string of the molecule is COc1ccc(C(O)(Cc2ccccc2)C(CN2CCOCC2)c2ccc(Cl)cc2)cc1.Cl. The van der Waals surface area contributed by atoms with Gasteiger partial charge in [-0.1, -0.05) is 66.2 Å². The number of rotatable bonds is 8. The highest BCUT2D eigenvalue weighted by molar-refractivity contribution is 6.30. The molecule has 0 spiro atoms. The van der Waals surface area contributed by atoms with E-state index in [1.54, 1.807) is 7.11 Å². The molecule has 176 valence electrons. The van der Waals surface area contributed by atoms with Gasteiger partial charge in [-0.3, -0.25) is 4.90 Å². The summed E-state index contributed by atoms with van der Waals surface area (Å²) in [5.74, 6) is 0.610. The van der Waals surface area contributed by atoms with Crippen molar-refractivity contribution in [3.05, 3.63) is 101 Å². The fraction of sp³-hybridized carbons (Fsp3) is 0.333.